The molecule has 1 aliphatic heterocycles. The van der Waals surface area contributed by atoms with Crippen molar-refractivity contribution in [1.82, 2.24) is 15.1 Å². The smallest absolute Gasteiger partial charge is 0.411 e. The van der Waals surface area contributed by atoms with Crippen molar-refractivity contribution in [3.63, 3.8) is 0 Å². The Kier molecular flexibility index (Phi) is 9.02. The number of nitrogens with one attached hydrogen (secondary N) is 1. The standard InChI is InChI=1S/C19H35N3O5/c1-19(2,3)27-18(25)22-13-14(12-15(22)17(24)26-6)20-16(23)10-8-7-9-11-21(4)5/h14-15H,7-13H2,1-6H3,(H,20,23)/t14-,15+/m0/s1. The molecule has 156 valence electrons. The Morgan fingerprint density at radius 3 is 2.37 bits per heavy atom. The maximum Gasteiger partial charge on any atom is 0.411 e. The first kappa shape index (κ1) is 23.2. The van der Waals surface area contributed by atoms with Gasteiger partial charge in [-0.05, 0) is 54.3 Å². The van der Waals surface area contributed by atoms with Crippen LogP contribution in [-0.4, -0.2) is 79.7 Å². The summed E-state index contributed by atoms with van der Waals surface area (Å²) in [6, 6.07) is -1.02. The molecule has 8 nitrogen and oxygen atoms in total. The van der Waals surface area contributed by atoms with Gasteiger partial charge in [0.05, 0.1) is 7.11 Å². The van der Waals surface area contributed by atoms with Crippen molar-refractivity contribution in [2.24, 2.45) is 0 Å². The van der Waals surface area contributed by atoms with E-state index in [1.165, 1.54) is 12.0 Å². The van der Waals surface area contributed by atoms with Crippen molar-refractivity contribution < 1.29 is 23.9 Å². The Bertz CT molecular complexity index is 516. The Morgan fingerprint density at radius 2 is 1.81 bits per heavy atom. The van der Waals surface area contributed by atoms with E-state index in [0.29, 0.717) is 12.8 Å². The van der Waals surface area contributed by atoms with Gasteiger partial charge in [-0.3, -0.25) is 9.69 Å². The number of carbonyl (C=O) groups is 3. The van der Waals surface area contributed by atoms with Crippen molar-refractivity contribution in [2.75, 3.05) is 34.3 Å². The zero-order valence-corrected chi connectivity index (χ0v) is 17.5. The molecule has 27 heavy (non-hydrogen) atoms. The van der Waals surface area contributed by atoms with E-state index in [2.05, 4.69) is 10.2 Å². The summed E-state index contributed by atoms with van der Waals surface area (Å²) in [4.78, 5) is 40.1. The lowest BCUT2D eigenvalue weighted by Gasteiger charge is -2.27. The van der Waals surface area contributed by atoms with E-state index >= 15 is 0 Å². The number of likely N-dealkylation sites (tertiary alicyclic amines) is 1. The fourth-order valence-corrected chi connectivity index (χ4v) is 3.01. The van der Waals surface area contributed by atoms with Crippen molar-refractivity contribution in [3.8, 4) is 0 Å². The second-order valence-corrected chi connectivity index (χ2v) is 8.29. The molecule has 1 N–H and O–H groups in total. The maximum absolute atomic E-state index is 12.4. The maximum atomic E-state index is 12.4. The van der Waals surface area contributed by atoms with Crippen molar-refractivity contribution >= 4 is 18.0 Å². The minimum Gasteiger partial charge on any atom is -0.467 e. The zero-order chi connectivity index (χ0) is 20.6. The van der Waals surface area contributed by atoms with Gasteiger partial charge in [0, 0.05) is 25.4 Å². The van der Waals surface area contributed by atoms with Gasteiger partial charge in [-0.1, -0.05) is 6.42 Å². The highest BCUT2D eigenvalue weighted by Crippen LogP contribution is 2.22. The quantitative estimate of drug-likeness (QED) is 0.506. The minimum absolute atomic E-state index is 0.0560. The number of hydrogen-bond acceptors (Lipinski definition) is 6. The monoisotopic (exact) mass is 385 g/mol. The third kappa shape index (κ3) is 8.60. The SMILES string of the molecule is COC(=O)[C@H]1C[C@H](NC(=O)CCCCCN(C)C)CN1C(=O)OC(C)(C)C. The predicted octanol–water partition coefficient (Wildman–Crippen LogP) is 1.78. The Labute approximate surface area is 162 Å². The van der Waals surface area contributed by atoms with E-state index < -0.39 is 23.7 Å². The summed E-state index contributed by atoms with van der Waals surface area (Å²) in [6.07, 6.45) is 3.07. The number of unbranched alkanes of at least 4 members (excludes halogenated alkanes) is 2. The lowest BCUT2D eigenvalue weighted by molar-refractivity contribution is -0.145. The minimum atomic E-state index is -0.741. The lowest BCUT2D eigenvalue weighted by Crippen LogP contribution is -2.44. The molecule has 0 aromatic carbocycles. The summed E-state index contributed by atoms with van der Waals surface area (Å²) in [5, 5.41) is 2.93. The van der Waals surface area contributed by atoms with Crippen LogP contribution in [0.25, 0.3) is 0 Å². The van der Waals surface area contributed by atoms with E-state index in [-0.39, 0.29) is 18.5 Å². The van der Waals surface area contributed by atoms with Gasteiger partial charge < -0.3 is 19.7 Å². The normalized spacial score (nSPS) is 19.9. The number of nitrogens with zero attached hydrogens (tertiary/aromatic N) is 2. The van der Waals surface area contributed by atoms with Crippen LogP contribution in [0.15, 0.2) is 0 Å². The molecule has 0 aromatic heterocycles. The first-order valence-corrected chi connectivity index (χ1v) is 9.55. The second-order valence-electron chi connectivity index (χ2n) is 8.29. The molecule has 1 fully saturated rings. The molecular formula is C19H35N3O5. The first-order valence-electron chi connectivity index (χ1n) is 9.55. The lowest BCUT2D eigenvalue weighted by atomic mass is 10.1. The fraction of sp³-hybridized carbons (Fsp3) is 0.842. The third-order valence-electron chi connectivity index (χ3n) is 4.28. The Balaban J connectivity index is 2.53. The molecule has 8 heteroatoms. The van der Waals surface area contributed by atoms with Crippen LogP contribution in [0.4, 0.5) is 4.79 Å². The molecule has 1 heterocycles. The third-order valence-corrected chi connectivity index (χ3v) is 4.28. The summed E-state index contributed by atoms with van der Waals surface area (Å²) in [5.41, 5.74) is -0.661. The summed E-state index contributed by atoms with van der Waals surface area (Å²) >= 11 is 0. The van der Waals surface area contributed by atoms with Crippen LogP contribution in [0.2, 0.25) is 0 Å². The van der Waals surface area contributed by atoms with Crippen LogP contribution < -0.4 is 5.32 Å². The molecule has 2 atom stereocenters. The highest BCUT2D eigenvalue weighted by molar-refractivity contribution is 5.83. The molecule has 0 aliphatic carbocycles. The molecular weight excluding hydrogens is 350 g/mol. The Hall–Kier alpha value is -1.83. The molecule has 0 radical (unpaired) electrons. The average molecular weight is 386 g/mol. The summed E-state index contributed by atoms with van der Waals surface area (Å²) in [7, 11) is 5.34. The van der Waals surface area contributed by atoms with E-state index in [1.807, 2.05) is 14.1 Å². The van der Waals surface area contributed by atoms with Crippen LogP contribution in [-0.2, 0) is 19.1 Å². The number of hydrogen-bond donors (Lipinski definition) is 1. The summed E-state index contributed by atoms with van der Waals surface area (Å²) < 4.78 is 10.2. The number of rotatable bonds is 8. The van der Waals surface area contributed by atoms with E-state index in [9.17, 15) is 14.4 Å². The van der Waals surface area contributed by atoms with Crippen LogP contribution in [0, 0.1) is 0 Å². The van der Waals surface area contributed by atoms with Gasteiger partial charge in [-0.15, -0.1) is 0 Å². The number of methoxy groups -OCH3 is 1. The van der Waals surface area contributed by atoms with Gasteiger partial charge in [-0.25, -0.2) is 9.59 Å². The highest BCUT2D eigenvalue weighted by Gasteiger charge is 2.42. The molecule has 2 amide bonds. The second kappa shape index (κ2) is 10.5. The summed E-state index contributed by atoms with van der Waals surface area (Å²) in [5.74, 6) is -0.555. The van der Waals surface area contributed by atoms with E-state index in [4.69, 9.17) is 9.47 Å². The number of amides is 2. The van der Waals surface area contributed by atoms with E-state index in [1.54, 1.807) is 20.8 Å². The summed E-state index contributed by atoms with van der Waals surface area (Å²) in [6.45, 7) is 6.55. The predicted molar refractivity (Wildman–Crippen MR) is 102 cm³/mol. The van der Waals surface area contributed by atoms with Crippen LogP contribution in [0.1, 0.15) is 52.9 Å². The molecule has 0 saturated carbocycles. The molecule has 0 aromatic rings. The van der Waals surface area contributed by atoms with Crippen LogP contribution >= 0.6 is 0 Å². The largest absolute Gasteiger partial charge is 0.467 e. The highest BCUT2D eigenvalue weighted by atomic mass is 16.6. The molecule has 0 spiro atoms. The molecule has 1 saturated heterocycles. The van der Waals surface area contributed by atoms with Gasteiger partial charge in [-0.2, -0.15) is 0 Å². The first-order chi connectivity index (χ1) is 12.5. The van der Waals surface area contributed by atoms with Crippen molar-refractivity contribution in [2.45, 2.75) is 70.6 Å². The number of carbonyl (C=O) groups excluding carboxylic acids is 3. The molecule has 0 bridgehead atoms. The van der Waals surface area contributed by atoms with Gasteiger partial charge >= 0.3 is 12.1 Å². The van der Waals surface area contributed by atoms with Gasteiger partial charge in [0.2, 0.25) is 5.91 Å². The van der Waals surface area contributed by atoms with Gasteiger partial charge in [0.15, 0.2) is 0 Å². The van der Waals surface area contributed by atoms with Crippen molar-refractivity contribution in [1.29, 1.82) is 0 Å². The van der Waals surface area contributed by atoms with Crippen molar-refractivity contribution in [3.05, 3.63) is 0 Å². The average Bonchev–Trinajstić information content (AvgIpc) is 2.95. The molecule has 0 unspecified atom stereocenters. The topological polar surface area (TPSA) is 88.2 Å². The molecule has 1 rings (SSSR count). The van der Waals surface area contributed by atoms with Crippen LogP contribution in [0.5, 0.6) is 0 Å². The van der Waals surface area contributed by atoms with E-state index in [0.717, 1.165) is 25.8 Å². The zero-order valence-electron chi connectivity index (χ0n) is 17.5. The number of esters is 1. The molecule has 1 aliphatic rings. The van der Waals surface area contributed by atoms with Crippen LogP contribution in [0.3, 0.4) is 0 Å². The van der Waals surface area contributed by atoms with Gasteiger partial charge in [0.1, 0.15) is 11.6 Å². The van der Waals surface area contributed by atoms with Gasteiger partial charge in [0.25, 0.3) is 0 Å². The number of ether oxygens (including phenoxy) is 2. The Morgan fingerprint density at radius 1 is 1.15 bits per heavy atom. The fourth-order valence-electron chi connectivity index (χ4n) is 3.01.